The predicted octanol–water partition coefficient (Wildman–Crippen LogP) is 2.66. The van der Waals surface area contributed by atoms with Crippen molar-refractivity contribution in [3.63, 3.8) is 0 Å². The van der Waals surface area contributed by atoms with E-state index < -0.39 is 53.5 Å². The van der Waals surface area contributed by atoms with Gasteiger partial charge in [0.25, 0.3) is 0 Å². The Balaban J connectivity index is 2.45. The van der Waals surface area contributed by atoms with Gasteiger partial charge in [0.1, 0.15) is 36.1 Å². The molecule has 0 N–H and O–H groups in total. The molecule has 0 aliphatic carbocycles. The fraction of sp³-hybridized carbons (Fsp3) is 0.450. The normalized spacial score (nSPS) is 24.7. The molecule has 9 nitrogen and oxygen atoms in total. The lowest BCUT2D eigenvalue weighted by Gasteiger charge is -2.43. The van der Waals surface area contributed by atoms with Crippen molar-refractivity contribution in [2.24, 2.45) is 4.99 Å². The van der Waals surface area contributed by atoms with Crippen LogP contribution < -0.4 is 0 Å². The summed E-state index contributed by atoms with van der Waals surface area (Å²) in [5.74, 6) is -2.70. The lowest BCUT2D eigenvalue weighted by atomic mass is 9.97. The van der Waals surface area contributed by atoms with Crippen LogP contribution in [0.15, 0.2) is 22.0 Å². The van der Waals surface area contributed by atoms with Crippen LogP contribution in [0.5, 0.6) is 0 Å². The average molecular weight is 487 g/mol. The van der Waals surface area contributed by atoms with E-state index in [2.05, 4.69) is 11.7 Å². The molecule has 0 saturated carbocycles. The molecule has 172 valence electrons. The molecule has 1 aliphatic rings. The summed E-state index contributed by atoms with van der Waals surface area (Å²) in [7, 11) is 0. The van der Waals surface area contributed by atoms with Gasteiger partial charge in [-0.2, -0.15) is 5.26 Å². The highest BCUT2D eigenvalue weighted by atomic mass is 35.5. The van der Waals surface area contributed by atoms with E-state index in [1.54, 1.807) is 6.07 Å². The minimum Gasteiger partial charge on any atom is -0.463 e. The third-order valence-electron chi connectivity index (χ3n) is 4.27. The summed E-state index contributed by atoms with van der Waals surface area (Å²) in [6.45, 7) is 6.70. The van der Waals surface area contributed by atoms with Gasteiger partial charge in [-0.05, 0) is 18.9 Å². The summed E-state index contributed by atoms with van der Waals surface area (Å²) in [6.07, 6.45) is -3.25. The standard InChI is InChI=1S/C20H20ClFN2O7S/c1-9(25)28-8-15-18(29-10(2)26)17(24-4)19(30-11(3)27)20(31-15)32-16-6-13(21)12(7-23)5-14(16)22/h5-6,15,17-20H,4,8H2,1-3H3/t15?,17?,18-,19?,20+/m0/s1. The number of halogens is 2. The molecule has 1 aromatic rings. The molecule has 32 heavy (non-hydrogen) atoms. The largest absolute Gasteiger partial charge is 0.463 e. The Bertz CT molecular complexity index is 955. The molecular formula is C20H20ClFN2O7S. The predicted molar refractivity (Wildman–Crippen MR) is 112 cm³/mol. The van der Waals surface area contributed by atoms with Gasteiger partial charge in [-0.1, -0.05) is 23.4 Å². The fourth-order valence-electron chi connectivity index (χ4n) is 3.02. The molecule has 0 spiro atoms. The van der Waals surface area contributed by atoms with Crippen molar-refractivity contribution in [2.45, 2.75) is 55.5 Å². The molecule has 12 heteroatoms. The molecular weight excluding hydrogens is 467 g/mol. The monoisotopic (exact) mass is 486 g/mol. The maximum absolute atomic E-state index is 14.6. The van der Waals surface area contributed by atoms with Gasteiger partial charge < -0.3 is 18.9 Å². The fourth-order valence-corrected chi connectivity index (χ4v) is 4.44. The number of nitrogens with zero attached hydrogens (tertiary/aromatic N) is 2. The zero-order chi connectivity index (χ0) is 24.0. The van der Waals surface area contributed by atoms with Crippen LogP contribution in [-0.2, 0) is 33.3 Å². The summed E-state index contributed by atoms with van der Waals surface area (Å²) in [5, 5.41) is 9.03. The topological polar surface area (TPSA) is 124 Å². The molecule has 1 aromatic carbocycles. The Hall–Kier alpha value is -2.68. The molecule has 1 aliphatic heterocycles. The van der Waals surface area contributed by atoms with E-state index in [1.165, 1.54) is 19.9 Å². The highest BCUT2D eigenvalue weighted by molar-refractivity contribution is 7.99. The second-order valence-corrected chi connectivity index (χ2v) is 8.21. The van der Waals surface area contributed by atoms with Gasteiger partial charge in [0.05, 0.1) is 10.6 Å². The van der Waals surface area contributed by atoms with Gasteiger partial charge in [-0.15, -0.1) is 0 Å². The quantitative estimate of drug-likeness (QED) is 0.325. The van der Waals surface area contributed by atoms with Gasteiger partial charge in [0.2, 0.25) is 0 Å². The van der Waals surface area contributed by atoms with Crippen molar-refractivity contribution in [3.05, 3.63) is 28.5 Å². The molecule has 0 amide bonds. The summed E-state index contributed by atoms with van der Waals surface area (Å²) >= 11 is 6.83. The minimum atomic E-state index is -1.14. The van der Waals surface area contributed by atoms with Gasteiger partial charge in [-0.3, -0.25) is 19.4 Å². The van der Waals surface area contributed by atoms with Gasteiger partial charge in [0.15, 0.2) is 12.2 Å². The molecule has 2 rings (SSSR count). The van der Waals surface area contributed by atoms with Crippen LogP contribution in [0, 0.1) is 17.1 Å². The zero-order valence-corrected chi connectivity index (χ0v) is 18.9. The van der Waals surface area contributed by atoms with Crippen LogP contribution in [0.2, 0.25) is 5.02 Å². The van der Waals surface area contributed by atoms with Gasteiger partial charge in [0, 0.05) is 25.7 Å². The van der Waals surface area contributed by atoms with Crippen molar-refractivity contribution >= 4 is 48.0 Å². The first-order valence-electron chi connectivity index (χ1n) is 9.22. The van der Waals surface area contributed by atoms with E-state index >= 15 is 0 Å². The highest BCUT2D eigenvalue weighted by Crippen LogP contribution is 2.39. The third kappa shape index (κ3) is 6.41. The van der Waals surface area contributed by atoms with E-state index in [4.69, 9.17) is 35.8 Å². The van der Waals surface area contributed by atoms with Crippen molar-refractivity contribution < 1.29 is 37.7 Å². The van der Waals surface area contributed by atoms with E-state index in [0.29, 0.717) is 0 Å². The van der Waals surface area contributed by atoms with Crippen LogP contribution in [0.4, 0.5) is 4.39 Å². The second kappa shape index (κ2) is 11.3. The minimum absolute atomic E-state index is 0.0103. The number of carbonyl (C=O) groups excluding carboxylic acids is 3. The Morgan fingerprint density at radius 1 is 1.22 bits per heavy atom. The number of nitriles is 1. The molecule has 3 unspecified atom stereocenters. The van der Waals surface area contributed by atoms with Gasteiger partial charge >= 0.3 is 17.9 Å². The van der Waals surface area contributed by atoms with Gasteiger partial charge in [-0.25, -0.2) is 4.39 Å². The number of aliphatic imine (C=N–C) groups is 1. The van der Waals surface area contributed by atoms with E-state index in [0.717, 1.165) is 24.8 Å². The Kier molecular flexibility index (Phi) is 9.00. The molecule has 1 fully saturated rings. The lowest BCUT2D eigenvalue weighted by Crippen LogP contribution is -2.59. The lowest BCUT2D eigenvalue weighted by molar-refractivity contribution is -0.200. The molecule has 0 radical (unpaired) electrons. The Labute approximate surface area is 192 Å². The number of carbonyl (C=O) groups is 3. The SMILES string of the molecule is C=NC1C(OC(C)=O)[C@@H](Sc2cc(Cl)c(C#N)cc2F)OC(COC(C)=O)[C@@H]1OC(C)=O. The maximum Gasteiger partial charge on any atom is 0.303 e. The first-order chi connectivity index (χ1) is 15.1. The van der Waals surface area contributed by atoms with Crippen molar-refractivity contribution in [3.8, 4) is 6.07 Å². The number of esters is 3. The van der Waals surface area contributed by atoms with Crippen LogP contribution >= 0.6 is 23.4 Å². The van der Waals surface area contributed by atoms with Crippen molar-refractivity contribution in [2.75, 3.05) is 6.61 Å². The smallest absolute Gasteiger partial charge is 0.303 e. The second-order valence-electron chi connectivity index (χ2n) is 6.66. The van der Waals surface area contributed by atoms with Crippen LogP contribution in [0.3, 0.4) is 0 Å². The summed E-state index contributed by atoms with van der Waals surface area (Å²) in [6, 6.07) is 2.97. The third-order valence-corrected chi connectivity index (χ3v) is 5.76. The van der Waals surface area contributed by atoms with E-state index in [9.17, 15) is 18.8 Å². The number of thioether (sulfide) groups is 1. The Morgan fingerprint density at radius 2 is 1.84 bits per heavy atom. The van der Waals surface area contributed by atoms with Crippen LogP contribution in [0.1, 0.15) is 26.3 Å². The number of hydrogen-bond donors (Lipinski definition) is 0. The zero-order valence-electron chi connectivity index (χ0n) is 17.4. The molecule has 5 atom stereocenters. The molecule has 1 saturated heterocycles. The summed E-state index contributed by atoms with van der Waals surface area (Å²) < 4.78 is 36.2. The van der Waals surface area contributed by atoms with Crippen LogP contribution in [0.25, 0.3) is 0 Å². The average Bonchev–Trinajstić information content (AvgIpc) is 2.70. The Morgan fingerprint density at radius 3 is 2.38 bits per heavy atom. The van der Waals surface area contributed by atoms with E-state index in [-0.39, 0.29) is 22.1 Å². The molecule has 0 bridgehead atoms. The molecule has 0 aromatic heterocycles. The maximum atomic E-state index is 14.6. The molecule has 1 heterocycles. The highest BCUT2D eigenvalue weighted by Gasteiger charge is 2.50. The number of rotatable bonds is 7. The summed E-state index contributed by atoms with van der Waals surface area (Å²) in [4.78, 5) is 38.7. The van der Waals surface area contributed by atoms with Crippen molar-refractivity contribution in [1.82, 2.24) is 0 Å². The van der Waals surface area contributed by atoms with E-state index in [1.807, 2.05) is 0 Å². The number of benzene rings is 1. The first-order valence-corrected chi connectivity index (χ1v) is 10.5. The van der Waals surface area contributed by atoms with Crippen molar-refractivity contribution in [1.29, 1.82) is 5.26 Å². The number of hydrogen-bond acceptors (Lipinski definition) is 10. The van der Waals surface area contributed by atoms with Crippen LogP contribution in [-0.4, -0.2) is 61.0 Å². The number of ether oxygens (including phenoxy) is 4. The summed E-state index contributed by atoms with van der Waals surface area (Å²) in [5.41, 5.74) is -1.12. The first kappa shape index (κ1) is 25.6.